The van der Waals surface area contributed by atoms with E-state index in [-0.39, 0.29) is 12.5 Å². The molecule has 3 aromatic rings. The zero-order valence-electron chi connectivity index (χ0n) is 23.7. The molecule has 1 amide bonds. The van der Waals surface area contributed by atoms with Crippen molar-refractivity contribution in [1.82, 2.24) is 14.9 Å². The van der Waals surface area contributed by atoms with Gasteiger partial charge in [0.2, 0.25) is 5.91 Å². The van der Waals surface area contributed by atoms with Gasteiger partial charge in [-0.15, -0.1) is 22.7 Å². The van der Waals surface area contributed by atoms with Crippen molar-refractivity contribution < 1.29 is 4.79 Å². The van der Waals surface area contributed by atoms with Gasteiger partial charge >= 0.3 is 0 Å². The van der Waals surface area contributed by atoms with E-state index in [0.717, 1.165) is 52.1 Å². The standard InChI is InChI=1S/C33H38N4OS2/c1-4-33(3)17-25(18-33)26-11-10-24(16-21(26)2)29-30(22-8-6-5-7-9-22)40-32(36-29)27-20-35-31(39-27)23-12-14-37(15-13-23)28(38)19-34/h5-9,16,20-21,23,25-26H,4,12-15,17-19,34H2,1-3H3. The largest absolute Gasteiger partial charge is 0.342 e. The molecule has 2 fully saturated rings. The smallest absolute Gasteiger partial charge is 0.236 e. The molecule has 7 heteroatoms. The van der Waals surface area contributed by atoms with Crippen LogP contribution in [0.1, 0.15) is 69.5 Å². The summed E-state index contributed by atoms with van der Waals surface area (Å²) in [6, 6.07) is 10.6. The van der Waals surface area contributed by atoms with E-state index in [0.29, 0.717) is 29.1 Å². The van der Waals surface area contributed by atoms with Crippen molar-refractivity contribution in [2.75, 3.05) is 19.6 Å². The van der Waals surface area contributed by atoms with Gasteiger partial charge in [-0.25, -0.2) is 9.97 Å². The normalized spacial score (nSPS) is 26.6. The van der Waals surface area contributed by atoms with Gasteiger partial charge in [0.15, 0.2) is 0 Å². The Labute approximate surface area is 245 Å². The van der Waals surface area contributed by atoms with Gasteiger partial charge in [0.05, 0.1) is 27.0 Å². The molecular formula is C33H38N4OS2. The second-order valence-corrected chi connectivity index (χ2v) is 14.1. The van der Waals surface area contributed by atoms with Crippen LogP contribution in [-0.2, 0) is 4.79 Å². The Kier molecular flexibility index (Phi) is 7.69. The molecule has 2 unspecified atom stereocenters. The van der Waals surface area contributed by atoms with E-state index in [1.807, 2.05) is 11.1 Å². The maximum atomic E-state index is 12.0. The number of carbonyl (C=O) groups is 1. The molecule has 3 heterocycles. The molecule has 2 atom stereocenters. The van der Waals surface area contributed by atoms with Gasteiger partial charge in [0, 0.05) is 36.7 Å². The molecule has 2 aromatic heterocycles. The van der Waals surface area contributed by atoms with Crippen molar-refractivity contribution in [2.45, 2.75) is 58.8 Å². The Morgan fingerprint density at radius 2 is 1.93 bits per heavy atom. The number of amides is 1. The lowest BCUT2D eigenvalue weighted by Gasteiger charge is -2.48. The van der Waals surface area contributed by atoms with E-state index in [4.69, 9.17) is 15.7 Å². The zero-order valence-corrected chi connectivity index (χ0v) is 25.3. The van der Waals surface area contributed by atoms with Crippen LogP contribution < -0.4 is 5.73 Å². The Hall–Kier alpha value is -2.79. The fourth-order valence-electron chi connectivity index (χ4n) is 6.61. The minimum absolute atomic E-state index is 0.0370. The number of nitrogens with zero attached hydrogens (tertiary/aromatic N) is 3. The molecule has 2 N–H and O–H groups in total. The summed E-state index contributed by atoms with van der Waals surface area (Å²) < 4.78 is 0. The third kappa shape index (κ3) is 5.30. The van der Waals surface area contributed by atoms with Gasteiger partial charge in [-0.2, -0.15) is 0 Å². The lowest BCUT2D eigenvalue weighted by atomic mass is 9.56. The summed E-state index contributed by atoms with van der Waals surface area (Å²) in [6.45, 7) is 8.65. The summed E-state index contributed by atoms with van der Waals surface area (Å²) in [7, 11) is 0. The van der Waals surface area contributed by atoms with Crippen LogP contribution in [0.25, 0.3) is 25.9 Å². The molecule has 1 saturated heterocycles. The second-order valence-electron chi connectivity index (χ2n) is 12.1. The number of thiazole rings is 2. The van der Waals surface area contributed by atoms with E-state index in [1.54, 1.807) is 22.7 Å². The number of hydrogen-bond acceptors (Lipinski definition) is 6. The lowest BCUT2D eigenvalue weighted by Crippen LogP contribution is -2.41. The summed E-state index contributed by atoms with van der Waals surface area (Å²) in [5, 5.41) is 2.14. The van der Waals surface area contributed by atoms with Gasteiger partial charge in [-0.1, -0.05) is 75.4 Å². The Morgan fingerprint density at radius 3 is 2.60 bits per heavy atom. The summed E-state index contributed by atoms with van der Waals surface area (Å²) in [4.78, 5) is 26.2. The molecule has 1 aromatic carbocycles. The van der Waals surface area contributed by atoms with Crippen molar-refractivity contribution in [2.24, 2.45) is 28.9 Å². The zero-order chi connectivity index (χ0) is 27.9. The van der Waals surface area contributed by atoms with Crippen molar-refractivity contribution in [1.29, 1.82) is 0 Å². The molecule has 2 aliphatic carbocycles. The molecule has 0 spiro atoms. The first-order valence-corrected chi connectivity index (χ1v) is 16.2. The highest BCUT2D eigenvalue weighted by Gasteiger charge is 2.43. The fourth-order valence-corrected chi connectivity index (χ4v) is 8.82. The minimum atomic E-state index is 0.0370. The third-order valence-corrected chi connectivity index (χ3v) is 11.7. The molecule has 1 saturated carbocycles. The maximum Gasteiger partial charge on any atom is 0.236 e. The molecular weight excluding hydrogens is 533 g/mol. The fraction of sp³-hybridized carbons (Fsp3) is 0.485. The SMILES string of the molecule is CCC1(C)CC(C2C#CC(c3nc(-c4cnc(C5CCN(C(=O)CN)CC5)s4)sc3-c3ccccc3)=CC2C)C1. The van der Waals surface area contributed by atoms with E-state index in [9.17, 15) is 4.79 Å². The molecule has 0 bridgehead atoms. The predicted octanol–water partition coefficient (Wildman–Crippen LogP) is 7.08. The minimum Gasteiger partial charge on any atom is -0.342 e. The van der Waals surface area contributed by atoms with Crippen LogP contribution in [0.5, 0.6) is 0 Å². The Balaban J connectivity index is 1.26. The van der Waals surface area contributed by atoms with E-state index >= 15 is 0 Å². The molecule has 1 aliphatic heterocycles. The van der Waals surface area contributed by atoms with Gasteiger partial charge < -0.3 is 10.6 Å². The number of likely N-dealkylation sites (tertiary alicyclic amines) is 1. The van der Waals surface area contributed by atoms with Crippen LogP contribution in [0.3, 0.4) is 0 Å². The van der Waals surface area contributed by atoms with E-state index < -0.39 is 0 Å². The summed E-state index contributed by atoms with van der Waals surface area (Å²) in [5.41, 5.74) is 9.30. The lowest BCUT2D eigenvalue weighted by molar-refractivity contribution is -0.130. The summed E-state index contributed by atoms with van der Waals surface area (Å²) in [5.74, 6) is 9.22. The number of piperidine rings is 1. The molecule has 0 radical (unpaired) electrons. The molecule has 5 nitrogen and oxygen atoms in total. The average molecular weight is 571 g/mol. The molecule has 3 aliphatic rings. The van der Waals surface area contributed by atoms with Gasteiger partial charge in [0.1, 0.15) is 5.01 Å². The number of rotatable bonds is 7. The monoisotopic (exact) mass is 570 g/mol. The van der Waals surface area contributed by atoms with E-state index in [2.05, 4.69) is 69.0 Å². The molecule has 6 rings (SSSR count). The van der Waals surface area contributed by atoms with Crippen LogP contribution in [0, 0.1) is 35.0 Å². The summed E-state index contributed by atoms with van der Waals surface area (Å²) >= 11 is 3.48. The van der Waals surface area contributed by atoms with Crippen molar-refractivity contribution in [3.8, 4) is 32.2 Å². The number of aromatic nitrogens is 2. The maximum absolute atomic E-state index is 12.0. The number of benzene rings is 1. The molecule has 208 valence electrons. The predicted molar refractivity (Wildman–Crippen MR) is 166 cm³/mol. The number of allylic oxidation sites excluding steroid dienone is 2. The summed E-state index contributed by atoms with van der Waals surface area (Å²) in [6.07, 6.45) is 10.1. The third-order valence-electron chi connectivity index (χ3n) is 9.27. The van der Waals surface area contributed by atoms with Crippen molar-refractivity contribution in [3.05, 3.63) is 53.3 Å². The Bertz CT molecular complexity index is 1460. The van der Waals surface area contributed by atoms with Crippen LogP contribution >= 0.6 is 22.7 Å². The number of hydrogen-bond donors (Lipinski definition) is 1. The van der Waals surface area contributed by atoms with Crippen molar-refractivity contribution in [3.63, 3.8) is 0 Å². The van der Waals surface area contributed by atoms with Gasteiger partial charge in [0.25, 0.3) is 0 Å². The van der Waals surface area contributed by atoms with Crippen LogP contribution in [0.4, 0.5) is 0 Å². The van der Waals surface area contributed by atoms with Crippen LogP contribution in [0.15, 0.2) is 42.6 Å². The van der Waals surface area contributed by atoms with Crippen LogP contribution in [0.2, 0.25) is 0 Å². The number of nitrogens with two attached hydrogens (primary N) is 1. The topological polar surface area (TPSA) is 72.1 Å². The van der Waals surface area contributed by atoms with Crippen molar-refractivity contribution >= 4 is 34.2 Å². The average Bonchev–Trinajstić information content (AvgIpc) is 3.64. The highest BCUT2D eigenvalue weighted by molar-refractivity contribution is 7.23. The Morgan fingerprint density at radius 1 is 1.18 bits per heavy atom. The second kappa shape index (κ2) is 11.2. The molecule has 40 heavy (non-hydrogen) atoms. The van der Waals surface area contributed by atoms with Gasteiger partial charge in [-0.05, 0) is 48.5 Å². The van der Waals surface area contributed by atoms with Crippen LogP contribution in [-0.4, -0.2) is 40.4 Å². The van der Waals surface area contributed by atoms with Gasteiger partial charge in [-0.3, -0.25) is 4.79 Å². The number of carbonyl (C=O) groups excluding carboxylic acids is 1. The first-order chi connectivity index (χ1) is 19.4. The quantitative estimate of drug-likeness (QED) is 0.308. The first-order valence-electron chi connectivity index (χ1n) is 14.6. The highest BCUT2D eigenvalue weighted by Crippen LogP contribution is 2.53. The van der Waals surface area contributed by atoms with E-state index in [1.165, 1.54) is 29.7 Å². The first kappa shape index (κ1) is 27.4. The highest BCUT2D eigenvalue weighted by atomic mass is 32.1.